The maximum atomic E-state index is 9.31. The van der Waals surface area contributed by atoms with E-state index in [1.807, 2.05) is 0 Å². The van der Waals surface area contributed by atoms with E-state index in [9.17, 15) is 5.11 Å². The van der Waals surface area contributed by atoms with E-state index in [1.54, 1.807) is 16.8 Å². The predicted octanol–water partition coefficient (Wildman–Crippen LogP) is -0.633. The summed E-state index contributed by atoms with van der Waals surface area (Å²) in [6.45, 7) is 0.0106. The third-order valence-electron chi connectivity index (χ3n) is 2.21. The van der Waals surface area contributed by atoms with Crippen molar-refractivity contribution < 1.29 is 10.2 Å². The molecule has 4 N–H and O–H groups in total. The molecule has 15 heavy (non-hydrogen) atoms. The zero-order chi connectivity index (χ0) is 10.8. The summed E-state index contributed by atoms with van der Waals surface area (Å²) in [4.78, 5) is 7.93. The van der Waals surface area contributed by atoms with E-state index in [0.29, 0.717) is 11.5 Å². The first-order valence-electron chi connectivity index (χ1n) is 4.56. The van der Waals surface area contributed by atoms with Crippen molar-refractivity contribution in [3.05, 3.63) is 18.6 Å². The molecule has 0 bridgehead atoms. The Bertz CT molecular complexity index is 468. The molecule has 0 amide bonds. The number of fused-ring (bicyclic) bond motifs is 1. The van der Waals surface area contributed by atoms with Gasteiger partial charge in [0, 0.05) is 6.20 Å². The summed E-state index contributed by atoms with van der Waals surface area (Å²) < 4.78 is 1.73. The minimum absolute atomic E-state index is 0.278. The summed E-state index contributed by atoms with van der Waals surface area (Å²) in [5.41, 5.74) is 6.32. The second kappa shape index (κ2) is 3.84. The van der Waals surface area contributed by atoms with Gasteiger partial charge in [-0.1, -0.05) is 0 Å². The molecule has 2 aromatic rings. The molecule has 0 aliphatic heterocycles. The van der Waals surface area contributed by atoms with Crippen LogP contribution in [0.5, 0.6) is 0 Å². The number of anilines is 1. The van der Waals surface area contributed by atoms with Gasteiger partial charge in [0.25, 0.3) is 0 Å². The number of nitrogen functional groups attached to an aromatic ring is 1. The first kappa shape index (κ1) is 9.88. The SMILES string of the molecule is Nc1ncnc2c1ccn2C[C@@H](O)CO. The molecule has 0 aromatic carbocycles. The first-order valence-corrected chi connectivity index (χ1v) is 4.56. The predicted molar refractivity (Wildman–Crippen MR) is 55.0 cm³/mol. The van der Waals surface area contributed by atoms with Gasteiger partial charge in [0.05, 0.1) is 24.6 Å². The molecule has 0 aliphatic carbocycles. The van der Waals surface area contributed by atoms with Crippen molar-refractivity contribution in [3.63, 3.8) is 0 Å². The van der Waals surface area contributed by atoms with Crippen molar-refractivity contribution in [2.24, 2.45) is 0 Å². The summed E-state index contributed by atoms with van der Waals surface area (Å²) >= 11 is 0. The minimum Gasteiger partial charge on any atom is -0.394 e. The lowest BCUT2D eigenvalue weighted by atomic mass is 10.3. The molecule has 80 valence electrons. The van der Waals surface area contributed by atoms with Gasteiger partial charge in [-0.25, -0.2) is 9.97 Å². The molecule has 0 radical (unpaired) electrons. The topological polar surface area (TPSA) is 97.2 Å². The van der Waals surface area contributed by atoms with Gasteiger partial charge in [0.2, 0.25) is 0 Å². The number of nitrogens with two attached hydrogens (primary N) is 1. The van der Waals surface area contributed by atoms with Crippen molar-refractivity contribution in [2.75, 3.05) is 12.3 Å². The number of aliphatic hydroxyl groups excluding tert-OH is 2. The van der Waals surface area contributed by atoms with Gasteiger partial charge in [0.15, 0.2) is 0 Å². The molecule has 2 heterocycles. The van der Waals surface area contributed by atoms with Gasteiger partial charge in [0.1, 0.15) is 17.8 Å². The number of rotatable bonds is 3. The highest BCUT2D eigenvalue weighted by molar-refractivity contribution is 5.85. The lowest BCUT2D eigenvalue weighted by Gasteiger charge is -2.08. The number of nitrogens with zero attached hydrogens (tertiary/aromatic N) is 3. The number of hydrogen-bond acceptors (Lipinski definition) is 5. The van der Waals surface area contributed by atoms with Crippen LogP contribution in [0.15, 0.2) is 18.6 Å². The zero-order valence-electron chi connectivity index (χ0n) is 8.04. The van der Waals surface area contributed by atoms with Crippen LogP contribution in [0.3, 0.4) is 0 Å². The molecule has 0 fully saturated rings. The molecule has 0 saturated heterocycles. The maximum Gasteiger partial charge on any atom is 0.145 e. The summed E-state index contributed by atoms with van der Waals surface area (Å²) in [5.74, 6) is 0.414. The average Bonchev–Trinajstić information content (AvgIpc) is 2.63. The first-order chi connectivity index (χ1) is 7.22. The van der Waals surface area contributed by atoms with Gasteiger partial charge in [-0.2, -0.15) is 0 Å². The van der Waals surface area contributed by atoms with E-state index in [0.717, 1.165) is 5.39 Å². The molecule has 2 aromatic heterocycles. The van der Waals surface area contributed by atoms with Gasteiger partial charge in [-0.05, 0) is 6.07 Å². The van der Waals surface area contributed by atoms with E-state index >= 15 is 0 Å². The monoisotopic (exact) mass is 208 g/mol. The van der Waals surface area contributed by atoms with Crippen molar-refractivity contribution in [3.8, 4) is 0 Å². The van der Waals surface area contributed by atoms with Crippen LogP contribution < -0.4 is 5.73 Å². The van der Waals surface area contributed by atoms with Crippen molar-refractivity contribution in [1.29, 1.82) is 0 Å². The van der Waals surface area contributed by atoms with Crippen LogP contribution in [-0.4, -0.2) is 37.5 Å². The molecular weight excluding hydrogens is 196 g/mol. The van der Waals surface area contributed by atoms with Crippen LogP contribution in [-0.2, 0) is 6.54 Å². The second-order valence-electron chi connectivity index (χ2n) is 3.30. The van der Waals surface area contributed by atoms with E-state index < -0.39 is 6.10 Å². The van der Waals surface area contributed by atoms with Crippen molar-refractivity contribution >= 4 is 16.9 Å². The molecule has 6 heteroatoms. The average molecular weight is 208 g/mol. The highest BCUT2D eigenvalue weighted by Gasteiger charge is 2.09. The lowest BCUT2D eigenvalue weighted by Crippen LogP contribution is -2.19. The maximum absolute atomic E-state index is 9.31. The third-order valence-corrected chi connectivity index (χ3v) is 2.21. The van der Waals surface area contributed by atoms with Gasteiger partial charge < -0.3 is 20.5 Å². The summed E-state index contributed by atoms with van der Waals surface area (Å²) in [6, 6.07) is 1.79. The molecule has 0 saturated carbocycles. The molecule has 0 spiro atoms. The molecule has 0 aliphatic rings. The van der Waals surface area contributed by atoms with Gasteiger partial charge in [-0.15, -0.1) is 0 Å². The standard InChI is InChI=1S/C9H12N4O2/c10-8-7-1-2-13(3-6(15)4-14)9(7)12-5-11-8/h1-2,5-6,14-15H,3-4H2,(H2,10,11,12)/t6-/m1/s1. The van der Waals surface area contributed by atoms with Crippen LogP contribution in [0, 0.1) is 0 Å². The van der Waals surface area contributed by atoms with Gasteiger partial charge >= 0.3 is 0 Å². The Balaban J connectivity index is 2.41. The third kappa shape index (κ3) is 1.77. The second-order valence-corrected chi connectivity index (χ2v) is 3.30. The fraction of sp³-hybridized carbons (Fsp3) is 0.333. The van der Waals surface area contributed by atoms with E-state index in [1.165, 1.54) is 6.33 Å². The van der Waals surface area contributed by atoms with Crippen LogP contribution in [0.4, 0.5) is 5.82 Å². The molecule has 2 rings (SSSR count). The summed E-state index contributed by atoms with van der Waals surface area (Å²) in [6.07, 6.45) is 2.34. The van der Waals surface area contributed by atoms with Crippen LogP contribution >= 0.6 is 0 Å². The van der Waals surface area contributed by atoms with Crippen molar-refractivity contribution in [1.82, 2.24) is 14.5 Å². The summed E-state index contributed by atoms with van der Waals surface area (Å²) in [5, 5.41) is 18.8. The van der Waals surface area contributed by atoms with Crippen molar-refractivity contribution in [2.45, 2.75) is 12.6 Å². The lowest BCUT2D eigenvalue weighted by molar-refractivity contribution is 0.0821. The van der Waals surface area contributed by atoms with Crippen LogP contribution in [0.1, 0.15) is 0 Å². The summed E-state index contributed by atoms with van der Waals surface area (Å²) in [7, 11) is 0. The highest BCUT2D eigenvalue weighted by Crippen LogP contribution is 2.17. The Morgan fingerprint density at radius 2 is 2.27 bits per heavy atom. The number of aliphatic hydroxyl groups is 2. The van der Waals surface area contributed by atoms with E-state index in [-0.39, 0.29) is 13.2 Å². The molecular formula is C9H12N4O2. The Morgan fingerprint density at radius 1 is 1.47 bits per heavy atom. The number of hydrogen-bond donors (Lipinski definition) is 3. The smallest absolute Gasteiger partial charge is 0.145 e. The largest absolute Gasteiger partial charge is 0.394 e. The van der Waals surface area contributed by atoms with Crippen LogP contribution in [0.25, 0.3) is 11.0 Å². The minimum atomic E-state index is -0.795. The molecule has 6 nitrogen and oxygen atoms in total. The van der Waals surface area contributed by atoms with Crippen LogP contribution in [0.2, 0.25) is 0 Å². The zero-order valence-corrected chi connectivity index (χ0v) is 8.04. The Morgan fingerprint density at radius 3 is 3.00 bits per heavy atom. The number of aromatic nitrogens is 3. The highest BCUT2D eigenvalue weighted by atomic mass is 16.3. The molecule has 0 unspecified atom stereocenters. The fourth-order valence-corrected chi connectivity index (χ4v) is 1.46. The normalized spacial score (nSPS) is 13.2. The van der Waals surface area contributed by atoms with E-state index in [2.05, 4.69) is 9.97 Å². The van der Waals surface area contributed by atoms with E-state index in [4.69, 9.17) is 10.8 Å². The Labute approximate surface area is 86.0 Å². The van der Waals surface area contributed by atoms with Gasteiger partial charge in [-0.3, -0.25) is 0 Å². The molecule has 1 atom stereocenters. The Kier molecular flexibility index (Phi) is 2.53. The Hall–Kier alpha value is -1.66. The quantitative estimate of drug-likeness (QED) is 0.623. The fourth-order valence-electron chi connectivity index (χ4n) is 1.46.